The van der Waals surface area contributed by atoms with E-state index in [9.17, 15) is 110 Å². The minimum Gasteiger partial charge on any atom is -0.212 e. The summed E-state index contributed by atoms with van der Waals surface area (Å²) in [6.45, 7) is 6.88. The lowest BCUT2D eigenvalue weighted by molar-refractivity contribution is -0.113. The van der Waals surface area contributed by atoms with Crippen molar-refractivity contribution in [2.75, 3.05) is 0 Å². The summed E-state index contributed by atoms with van der Waals surface area (Å²) >= 11 is 0. The summed E-state index contributed by atoms with van der Waals surface area (Å²) in [5.74, 6) is -11.9. The van der Waals surface area contributed by atoms with E-state index < -0.39 is 85.4 Å². The van der Waals surface area contributed by atoms with Crippen LogP contribution in [0.4, 0.5) is 110 Å². The van der Waals surface area contributed by atoms with Crippen molar-refractivity contribution < 1.29 is 110 Å². The van der Waals surface area contributed by atoms with Crippen LogP contribution in [0.1, 0.15) is 0 Å². The van der Waals surface area contributed by atoms with Crippen molar-refractivity contribution >= 4 is 0 Å². The van der Waals surface area contributed by atoms with Gasteiger partial charge in [0.05, 0.1) is 0 Å². The van der Waals surface area contributed by atoms with Crippen molar-refractivity contribution in [2.45, 2.75) is 37.6 Å². The second-order valence-electron chi connectivity index (χ2n) is 5.22. The normalized spacial score (nSPS) is 11.9. The van der Waals surface area contributed by atoms with E-state index in [4.69, 9.17) is 0 Å². The second-order valence-corrected chi connectivity index (χ2v) is 5.22. The molecule has 43 heavy (non-hydrogen) atoms. The molecule has 0 heterocycles. The third-order valence-electron chi connectivity index (χ3n) is 1.87. The van der Waals surface area contributed by atoms with E-state index in [1.165, 1.54) is 0 Å². The standard InChI is InChI=1S/C3F6.C3HF5.2C3H2F4.2C3H3F3/c4-1(2(5)6)3(7,8)9;4-1-2(5)3(6,7)8;1-2(4)3(5,6)7;4-1-2(5)3(6)7;1-2-3(4,5)6;1-2(4)3(5)6/h;1H;1H2;1,3H;2H,1H2;3H,1H2/b;2-1+;;2-1+;;. The van der Waals surface area contributed by atoms with E-state index >= 15 is 0 Å². The van der Waals surface area contributed by atoms with Gasteiger partial charge in [-0.1, -0.05) is 19.7 Å². The van der Waals surface area contributed by atoms with Gasteiger partial charge < -0.3 is 0 Å². The van der Waals surface area contributed by atoms with Gasteiger partial charge in [0.15, 0.2) is 17.5 Å². The fraction of sp³-hybridized carbons (Fsp3) is 0.333. The number of hydrogen-bond donors (Lipinski definition) is 0. The highest BCUT2D eigenvalue weighted by molar-refractivity contribution is 4.98. The van der Waals surface area contributed by atoms with E-state index in [0.717, 1.165) is 0 Å². The lowest BCUT2D eigenvalue weighted by Gasteiger charge is -1.98. The topological polar surface area (TPSA) is 0 Å². The molecule has 0 aliphatic heterocycles. The minimum atomic E-state index is -5.56. The molecule has 0 N–H and O–H groups in total. The molecule has 0 nitrogen and oxygen atoms in total. The molecule has 0 aromatic heterocycles. The van der Waals surface area contributed by atoms with Gasteiger partial charge in [0.25, 0.3) is 18.7 Å². The Balaban J connectivity index is -0.0000000961. The average Bonchev–Trinajstić information content (AvgIpc) is 2.81. The Morgan fingerprint density at radius 2 is 0.814 bits per heavy atom. The molecule has 0 rings (SSSR count). The monoisotopic (exact) mass is 702 g/mol. The molecule has 258 valence electrons. The zero-order valence-electron chi connectivity index (χ0n) is 19.5. The maximum absolute atomic E-state index is 11.0. The lowest BCUT2D eigenvalue weighted by atomic mass is 10.6. The number of alkyl halides is 16. The predicted octanol–water partition coefficient (Wildman–Crippen LogP) is 12.5. The Morgan fingerprint density at radius 3 is 0.814 bits per heavy atom. The molecule has 0 aliphatic rings. The van der Waals surface area contributed by atoms with Crippen LogP contribution in [0.5, 0.6) is 0 Å². The zero-order valence-corrected chi connectivity index (χ0v) is 19.5. The van der Waals surface area contributed by atoms with Crippen LogP contribution in [0.25, 0.3) is 0 Å². The van der Waals surface area contributed by atoms with E-state index in [1.807, 2.05) is 6.58 Å². The van der Waals surface area contributed by atoms with Gasteiger partial charge in [0.1, 0.15) is 12.7 Å². The van der Waals surface area contributed by atoms with Crippen molar-refractivity contribution in [3.63, 3.8) is 0 Å². The second kappa shape index (κ2) is 24.2. The summed E-state index contributed by atoms with van der Waals surface area (Å²) in [6.07, 6.45) is -31.4. The Labute approximate surface area is 222 Å². The zero-order chi connectivity index (χ0) is 36.7. The van der Waals surface area contributed by atoms with Crippen LogP contribution in [-0.4, -0.2) is 37.6 Å². The van der Waals surface area contributed by atoms with E-state index in [0.29, 0.717) is 0 Å². The molecule has 0 aromatic carbocycles. The number of halogens is 25. The van der Waals surface area contributed by atoms with Crippen LogP contribution < -0.4 is 0 Å². The third-order valence-corrected chi connectivity index (χ3v) is 1.87. The molecular formula is C18H11F25. The first-order valence-electron chi connectivity index (χ1n) is 8.46. The summed E-state index contributed by atoms with van der Waals surface area (Å²) < 4.78 is 269. The van der Waals surface area contributed by atoms with Crippen molar-refractivity contribution in [1.82, 2.24) is 0 Å². The van der Waals surface area contributed by atoms with Crippen LogP contribution in [0, 0.1) is 0 Å². The van der Waals surface area contributed by atoms with Crippen LogP contribution in [0.15, 0.2) is 73.7 Å². The van der Waals surface area contributed by atoms with Gasteiger partial charge in [-0.2, -0.15) is 70.2 Å². The van der Waals surface area contributed by atoms with Crippen molar-refractivity contribution in [3.05, 3.63) is 73.7 Å². The number of hydrogen-bond acceptors (Lipinski definition) is 0. The lowest BCUT2D eigenvalue weighted by Crippen LogP contribution is -2.08. The van der Waals surface area contributed by atoms with Gasteiger partial charge in [-0.05, 0) is 0 Å². The van der Waals surface area contributed by atoms with Crippen LogP contribution in [-0.2, 0) is 0 Å². The summed E-state index contributed by atoms with van der Waals surface area (Å²) in [5, 5.41) is 0. The SMILES string of the molecule is C=C(F)C(F)(F)F.C=C(F)C(F)F.C=CC(F)(F)F.F/C=C(/F)C(F)(F)F.F/C=C(/F)C(F)F.FC(F)=C(F)C(F)(F)F. The van der Waals surface area contributed by atoms with Crippen molar-refractivity contribution in [2.24, 2.45) is 0 Å². The summed E-state index contributed by atoms with van der Waals surface area (Å²) in [5.41, 5.74) is 0. The largest absolute Gasteiger partial charge is 0.448 e. The average molecular weight is 702 g/mol. The molecule has 0 fully saturated rings. The van der Waals surface area contributed by atoms with Crippen molar-refractivity contribution in [3.8, 4) is 0 Å². The molecule has 0 radical (unpaired) electrons. The molecule has 0 aromatic rings. The first-order valence-corrected chi connectivity index (χ1v) is 8.46. The van der Waals surface area contributed by atoms with E-state index in [2.05, 4.69) is 13.2 Å². The molecule has 25 heteroatoms. The molecule has 0 atom stereocenters. The quantitative estimate of drug-likeness (QED) is 0.199. The third kappa shape index (κ3) is 45.9. The van der Waals surface area contributed by atoms with E-state index in [1.54, 1.807) is 0 Å². The first-order chi connectivity index (χ1) is 18.7. The predicted molar refractivity (Wildman–Crippen MR) is 97.9 cm³/mol. The molecule has 0 saturated heterocycles. The highest BCUT2D eigenvalue weighted by Gasteiger charge is 2.38. The highest BCUT2D eigenvalue weighted by Crippen LogP contribution is 2.30. The molecule has 0 bridgehead atoms. The first kappa shape index (κ1) is 52.3. The van der Waals surface area contributed by atoms with Gasteiger partial charge in [0.2, 0.25) is 5.83 Å². The number of allylic oxidation sites excluding steroid dienone is 6. The fourth-order valence-electron chi connectivity index (χ4n) is 0.217. The summed E-state index contributed by atoms with van der Waals surface area (Å²) in [7, 11) is 0. The number of rotatable bonds is 2. The maximum atomic E-state index is 11.0. The van der Waals surface area contributed by atoms with Gasteiger partial charge in [-0.3, -0.25) is 0 Å². The Hall–Kier alpha value is -3.31. The Morgan fingerprint density at radius 1 is 0.535 bits per heavy atom. The van der Waals surface area contributed by atoms with Crippen LogP contribution in [0.2, 0.25) is 0 Å². The Kier molecular flexibility index (Phi) is 29.4. The van der Waals surface area contributed by atoms with Crippen LogP contribution >= 0.6 is 0 Å². The fourth-order valence-corrected chi connectivity index (χ4v) is 0.217. The highest BCUT2D eigenvalue weighted by atomic mass is 19.4. The summed E-state index contributed by atoms with van der Waals surface area (Å²) in [6, 6.07) is 0. The molecular weight excluding hydrogens is 691 g/mol. The molecule has 0 saturated carbocycles. The van der Waals surface area contributed by atoms with E-state index in [-0.39, 0.29) is 6.08 Å². The van der Waals surface area contributed by atoms with Crippen LogP contribution in [0.3, 0.4) is 0 Å². The van der Waals surface area contributed by atoms with Gasteiger partial charge in [-0.25, -0.2) is 39.5 Å². The molecule has 0 amide bonds. The Bertz CT molecular complexity index is 855. The van der Waals surface area contributed by atoms with Gasteiger partial charge in [0, 0.05) is 6.08 Å². The van der Waals surface area contributed by atoms with Gasteiger partial charge >= 0.3 is 30.8 Å². The smallest absolute Gasteiger partial charge is 0.212 e. The van der Waals surface area contributed by atoms with Crippen molar-refractivity contribution in [1.29, 1.82) is 0 Å². The summed E-state index contributed by atoms with van der Waals surface area (Å²) in [4.78, 5) is 0. The molecule has 0 spiro atoms. The molecule has 0 unspecified atom stereocenters. The maximum Gasteiger partial charge on any atom is 0.448 e. The van der Waals surface area contributed by atoms with Gasteiger partial charge in [-0.15, -0.1) is 0 Å². The molecule has 0 aliphatic carbocycles. The minimum absolute atomic E-state index is 0.0625.